The van der Waals surface area contributed by atoms with Crippen LogP contribution in [0, 0.1) is 5.92 Å². The Hall–Kier alpha value is -1.32. The van der Waals surface area contributed by atoms with Crippen LogP contribution in [0.1, 0.15) is 26.2 Å². The fourth-order valence-electron chi connectivity index (χ4n) is 2.54. The predicted molar refractivity (Wildman–Crippen MR) is 58.6 cm³/mol. The number of ether oxygens (including phenoxy) is 1. The molecule has 1 aliphatic heterocycles. The van der Waals surface area contributed by atoms with E-state index in [0.717, 1.165) is 25.8 Å². The van der Waals surface area contributed by atoms with Gasteiger partial charge in [0.15, 0.2) is 0 Å². The van der Waals surface area contributed by atoms with E-state index in [2.05, 4.69) is 0 Å². The fourth-order valence-corrected chi connectivity index (χ4v) is 2.54. The summed E-state index contributed by atoms with van der Waals surface area (Å²) in [6, 6.07) is 0. The molecule has 0 fully saturated rings. The van der Waals surface area contributed by atoms with Gasteiger partial charge in [0, 0.05) is 20.0 Å². The smallest absolute Gasteiger partial charge is 0.308 e. The van der Waals surface area contributed by atoms with E-state index >= 15 is 0 Å². The van der Waals surface area contributed by atoms with Gasteiger partial charge >= 0.3 is 5.97 Å². The van der Waals surface area contributed by atoms with Gasteiger partial charge in [-0.1, -0.05) is 0 Å². The molecule has 1 unspecified atom stereocenters. The van der Waals surface area contributed by atoms with E-state index in [-0.39, 0.29) is 17.8 Å². The van der Waals surface area contributed by atoms with Gasteiger partial charge in [-0.2, -0.15) is 0 Å². The molecule has 1 amide bonds. The van der Waals surface area contributed by atoms with Crippen LogP contribution in [0.4, 0.5) is 0 Å². The average Bonchev–Trinajstić information content (AvgIpc) is 2.70. The topological polar surface area (TPSA) is 46.6 Å². The fraction of sp³-hybridized carbons (Fsp3) is 0.667. The molecule has 2 rings (SSSR count). The zero-order chi connectivity index (χ0) is 11.7. The normalized spacial score (nSPS) is 24.4. The molecule has 0 radical (unpaired) electrons. The lowest BCUT2D eigenvalue weighted by Gasteiger charge is -2.20. The molecule has 1 heterocycles. The lowest BCUT2D eigenvalue weighted by atomic mass is 9.85. The van der Waals surface area contributed by atoms with E-state index in [1.165, 1.54) is 18.3 Å². The third-order valence-electron chi connectivity index (χ3n) is 3.53. The van der Waals surface area contributed by atoms with Gasteiger partial charge in [0.25, 0.3) is 0 Å². The van der Waals surface area contributed by atoms with Crippen LogP contribution in [0.25, 0.3) is 0 Å². The molecule has 0 aromatic rings. The highest BCUT2D eigenvalue weighted by Gasteiger charge is 2.32. The van der Waals surface area contributed by atoms with Crippen LogP contribution in [-0.4, -0.2) is 37.0 Å². The number of nitrogens with zero attached hydrogens (tertiary/aromatic N) is 1. The minimum atomic E-state index is -0.118. The van der Waals surface area contributed by atoms with E-state index in [0.29, 0.717) is 6.54 Å². The minimum absolute atomic E-state index is 0.00402. The Balaban J connectivity index is 2.02. The van der Waals surface area contributed by atoms with Crippen LogP contribution in [-0.2, 0) is 14.3 Å². The molecule has 16 heavy (non-hydrogen) atoms. The first-order valence-corrected chi connectivity index (χ1v) is 5.65. The lowest BCUT2D eigenvalue weighted by molar-refractivity contribution is -0.145. The van der Waals surface area contributed by atoms with Crippen LogP contribution in [0.3, 0.4) is 0 Å². The maximum absolute atomic E-state index is 11.4. The average molecular weight is 223 g/mol. The van der Waals surface area contributed by atoms with Crippen molar-refractivity contribution in [3.8, 4) is 0 Å². The monoisotopic (exact) mass is 223 g/mol. The van der Waals surface area contributed by atoms with Crippen molar-refractivity contribution in [1.82, 2.24) is 4.90 Å². The Morgan fingerprint density at radius 3 is 2.62 bits per heavy atom. The van der Waals surface area contributed by atoms with Gasteiger partial charge in [0.2, 0.25) is 5.91 Å². The number of esters is 1. The van der Waals surface area contributed by atoms with Crippen molar-refractivity contribution in [1.29, 1.82) is 0 Å². The summed E-state index contributed by atoms with van der Waals surface area (Å²) in [6.45, 7) is 3.06. The first-order chi connectivity index (χ1) is 7.61. The molecule has 0 N–H and O–H groups in total. The van der Waals surface area contributed by atoms with E-state index in [1.54, 1.807) is 6.92 Å². The number of hydrogen-bond acceptors (Lipinski definition) is 3. The largest absolute Gasteiger partial charge is 0.469 e. The van der Waals surface area contributed by atoms with Crippen molar-refractivity contribution >= 4 is 11.9 Å². The molecule has 4 heteroatoms. The Morgan fingerprint density at radius 1 is 1.31 bits per heavy atom. The molecular weight excluding hydrogens is 206 g/mol. The summed E-state index contributed by atoms with van der Waals surface area (Å²) in [5.41, 5.74) is 2.63. The van der Waals surface area contributed by atoms with Crippen molar-refractivity contribution in [3.05, 3.63) is 11.1 Å². The summed E-state index contributed by atoms with van der Waals surface area (Å²) < 4.78 is 4.77. The lowest BCUT2D eigenvalue weighted by Crippen LogP contribution is -2.26. The highest BCUT2D eigenvalue weighted by atomic mass is 16.5. The van der Waals surface area contributed by atoms with Crippen molar-refractivity contribution in [2.45, 2.75) is 26.2 Å². The number of amides is 1. The van der Waals surface area contributed by atoms with Crippen molar-refractivity contribution < 1.29 is 14.3 Å². The molecule has 88 valence electrons. The van der Waals surface area contributed by atoms with E-state index in [9.17, 15) is 9.59 Å². The number of carbonyl (C=O) groups excluding carboxylic acids is 2. The molecule has 2 aliphatic rings. The van der Waals surface area contributed by atoms with E-state index in [4.69, 9.17) is 4.74 Å². The minimum Gasteiger partial charge on any atom is -0.469 e. The molecular formula is C12H17NO3. The summed E-state index contributed by atoms with van der Waals surface area (Å²) in [4.78, 5) is 24.6. The summed E-state index contributed by atoms with van der Waals surface area (Å²) >= 11 is 0. The van der Waals surface area contributed by atoms with E-state index in [1.807, 2.05) is 4.90 Å². The van der Waals surface area contributed by atoms with Gasteiger partial charge in [0.1, 0.15) is 0 Å². The molecule has 0 spiro atoms. The molecule has 0 saturated heterocycles. The van der Waals surface area contributed by atoms with Crippen LogP contribution in [0.15, 0.2) is 11.1 Å². The van der Waals surface area contributed by atoms with Crippen molar-refractivity contribution in [2.75, 3.05) is 20.2 Å². The first kappa shape index (κ1) is 11.2. The molecule has 0 bridgehead atoms. The second kappa shape index (κ2) is 4.28. The van der Waals surface area contributed by atoms with Crippen LogP contribution < -0.4 is 0 Å². The number of carbonyl (C=O) groups is 2. The second-order valence-corrected chi connectivity index (χ2v) is 4.55. The zero-order valence-electron chi connectivity index (χ0n) is 9.78. The van der Waals surface area contributed by atoms with Gasteiger partial charge in [-0.15, -0.1) is 0 Å². The van der Waals surface area contributed by atoms with Crippen molar-refractivity contribution in [2.24, 2.45) is 5.92 Å². The Labute approximate surface area is 95.2 Å². The summed E-state index contributed by atoms with van der Waals surface area (Å²) in [5, 5.41) is 0. The maximum atomic E-state index is 11.4. The molecule has 0 aromatic carbocycles. The Morgan fingerprint density at radius 2 is 2.00 bits per heavy atom. The highest BCUT2D eigenvalue weighted by Crippen LogP contribution is 2.34. The number of methoxy groups -OCH3 is 1. The standard InChI is InChI=1S/C12H17NO3/c1-8(14)13-6-10-4-3-9(12(15)16-2)5-11(10)7-13/h9H,3-7H2,1-2H3. The van der Waals surface area contributed by atoms with Gasteiger partial charge in [-0.25, -0.2) is 0 Å². The predicted octanol–water partition coefficient (Wildman–Crippen LogP) is 1.12. The van der Waals surface area contributed by atoms with Crippen LogP contribution in [0.5, 0.6) is 0 Å². The number of hydrogen-bond donors (Lipinski definition) is 0. The van der Waals surface area contributed by atoms with Crippen LogP contribution in [0.2, 0.25) is 0 Å². The number of rotatable bonds is 1. The van der Waals surface area contributed by atoms with Gasteiger partial charge in [0.05, 0.1) is 13.0 Å². The highest BCUT2D eigenvalue weighted by molar-refractivity contribution is 5.76. The molecule has 0 saturated carbocycles. The Kier molecular flexibility index (Phi) is 2.99. The maximum Gasteiger partial charge on any atom is 0.308 e. The summed E-state index contributed by atoms with van der Waals surface area (Å²) in [7, 11) is 1.43. The molecule has 4 nitrogen and oxygen atoms in total. The third kappa shape index (κ3) is 1.96. The quantitative estimate of drug-likeness (QED) is 0.494. The van der Waals surface area contributed by atoms with Gasteiger partial charge in [-0.3, -0.25) is 9.59 Å². The second-order valence-electron chi connectivity index (χ2n) is 4.55. The van der Waals surface area contributed by atoms with Crippen molar-refractivity contribution in [3.63, 3.8) is 0 Å². The first-order valence-electron chi connectivity index (χ1n) is 5.65. The molecule has 1 atom stereocenters. The van der Waals surface area contributed by atoms with Crippen LogP contribution >= 0.6 is 0 Å². The molecule has 1 aliphatic carbocycles. The van der Waals surface area contributed by atoms with Gasteiger partial charge in [-0.05, 0) is 30.4 Å². The zero-order valence-corrected chi connectivity index (χ0v) is 9.78. The SMILES string of the molecule is COC(=O)C1CCC2=C(C1)CN(C(C)=O)C2. The molecule has 0 aromatic heterocycles. The Bertz CT molecular complexity index is 359. The summed E-state index contributed by atoms with van der Waals surface area (Å²) in [5.74, 6) is -0.00694. The summed E-state index contributed by atoms with van der Waals surface area (Å²) in [6.07, 6.45) is 2.56. The van der Waals surface area contributed by atoms with Gasteiger partial charge < -0.3 is 9.64 Å². The third-order valence-corrected chi connectivity index (χ3v) is 3.53. The van der Waals surface area contributed by atoms with E-state index < -0.39 is 0 Å².